The normalized spacial score (nSPS) is 10.4. The van der Waals surface area contributed by atoms with Crippen molar-refractivity contribution in [1.29, 1.82) is 0 Å². The van der Waals surface area contributed by atoms with E-state index >= 15 is 0 Å². The fourth-order valence-corrected chi connectivity index (χ4v) is 2.99. The molecule has 0 amide bonds. The number of hydrogen-bond acceptors (Lipinski definition) is 1. The van der Waals surface area contributed by atoms with E-state index in [0.29, 0.717) is 14.7 Å². The molecule has 10 heavy (non-hydrogen) atoms. The summed E-state index contributed by atoms with van der Waals surface area (Å²) in [6.45, 7) is 0. The molecule has 0 aliphatic carbocycles. The third-order valence-electron chi connectivity index (χ3n) is 1.39. The Bertz CT molecular complexity index is 401. The monoisotopic (exact) mass is 215 g/mol. The molecule has 0 saturated heterocycles. The van der Waals surface area contributed by atoms with E-state index < -0.39 is 0 Å². The topological polar surface area (TPSA) is 15.8 Å². The van der Waals surface area contributed by atoms with Crippen molar-refractivity contribution < 1.29 is 0 Å². The Morgan fingerprint density at radius 3 is 2.90 bits per heavy atom. The van der Waals surface area contributed by atoms with Crippen LogP contribution in [0.3, 0.4) is 0 Å². The van der Waals surface area contributed by atoms with Crippen molar-refractivity contribution in [3.8, 4) is 0 Å². The summed E-state index contributed by atoms with van der Waals surface area (Å²) in [4.78, 5) is 0. The molecule has 1 N–H and O–H groups in total. The first-order valence-corrected chi connectivity index (χ1v) is 5.06. The summed E-state index contributed by atoms with van der Waals surface area (Å²) in [5, 5.41) is 1.22. The number of hydrogen-bond donors (Lipinski definition) is 1. The molecule has 0 atom stereocenters. The van der Waals surface area contributed by atoms with Crippen LogP contribution in [-0.4, -0.2) is 18.7 Å². The molecule has 1 heterocycles. The summed E-state index contributed by atoms with van der Waals surface area (Å²) >= 11 is 5.46. The van der Waals surface area contributed by atoms with E-state index in [1.54, 1.807) is 0 Å². The Balaban J connectivity index is 3.07. The third kappa shape index (κ3) is 0.870. The van der Waals surface area contributed by atoms with Crippen LogP contribution in [0.2, 0.25) is 0 Å². The van der Waals surface area contributed by atoms with Crippen molar-refractivity contribution in [2.24, 2.45) is 0 Å². The Morgan fingerprint density at radius 1 is 1.30 bits per heavy atom. The summed E-state index contributed by atoms with van der Waals surface area (Å²) in [7, 11) is 0. The van der Waals surface area contributed by atoms with Gasteiger partial charge in [-0.05, 0) is 0 Å². The standard InChI is InChI=1S/C7H5NSSe/c9-7-5-3-1-2-4-6(5)10-8-7/h1-4H,(H,8,9). The van der Waals surface area contributed by atoms with Crippen LogP contribution in [0.1, 0.15) is 0 Å². The van der Waals surface area contributed by atoms with Gasteiger partial charge in [0, 0.05) is 0 Å². The predicted octanol–water partition coefficient (Wildman–Crippen LogP) is 1.95. The summed E-state index contributed by atoms with van der Waals surface area (Å²) in [5.74, 6) is 0. The Morgan fingerprint density at radius 2 is 2.10 bits per heavy atom. The van der Waals surface area contributed by atoms with Crippen molar-refractivity contribution >= 4 is 36.6 Å². The van der Waals surface area contributed by atoms with Gasteiger partial charge in [0.1, 0.15) is 0 Å². The molecule has 2 rings (SSSR count). The van der Waals surface area contributed by atoms with Crippen LogP contribution >= 0.6 is 12.2 Å². The molecule has 2 aromatic rings. The van der Waals surface area contributed by atoms with Crippen LogP contribution in [0.15, 0.2) is 24.3 Å². The fourth-order valence-electron chi connectivity index (χ4n) is 0.900. The summed E-state index contributed by atoms with van der Waals surface area (Å²) in [6, 6.07) is 8.27. The van der Waals surface area contributed by atoms with E-state index in [0.717, 1.165) is 4.64 Å². The summed E-state index contributed by atoms with van der Waals surface area (Å²) in [5.41, 5.74) is 0. The predicted molar refractivity (Wildman–Crippen MR) is 46.1 cm³/mol. The minimum atomic E-state index is 0.383. The number of aromatic nitrogens is 1. The third-order valence-corrected chi connectivity index (χ3v) is 3.85. The number of nitrogens with one attached hydrogen (secondary N) is 1. The zero-order valence-corrected chi connectivity index (χ0v) is 7.66. The van der Waals surface area contributed by atoms with Crippen molar-refractivity contribution in [2.45, 2.75) is 0 Å². The molecule has 0 saturated carbocycles. The van der Waals surface area contributed by atoms with Crippen LogP contribution in [0.25, 0.3) is 9.65 Å². The molecule has 50 valence electrons. The number of aromatic amines is 1. The van der Waals surface area contributed by atoms with Crippen LogP contribution in [0.5, 0.6) is 0 Å². The fraction of sp³-hybridized carbons (Fsp3) is 0. The van der Waals surface area contributed by atoms with Crippen LogP contribution in [0, 0.1) is 4.64 Å². The molecular weight excluding hydrogens is 209 g/mol. The quantitative estimate of drug-likeness (QED) is 0.523. The van der Waals surface area contributed by atoms with Gasteiger partial charge in [-0.15, -0.1) is 0 Å². The van der Waals surface area contributed by atoms with E-state index in [9.17, 15) is 0 Å². The molecular formula is C7H5NSSe. The first-order chi connectivity index (χ1) is 4.88. The van der Waals surface area contributed by atoms with Crippen LogP contribution < -0.4 is 0 Å². The van der Waals surface area contributed by atoms with E-state index in [1.165, 1.54) is 9.65 Å². The molecule has 0 unspecified atom stereocenters. The molecule has 0 bridgehead atoms. The van der Waals surface area contributed by atoms with Gasteiger partial charge in [-0.2, -0.15) is 0 Å². The van der Waals surface area contributed by atoms with Gasteiger partial charge in [0.15, 0.2) is 0 Å². The van der Waals surface area contributed by atoms with Crippen LogP contribution in [-0.2, 0) is 0 Å². The molecule has 0 aliphatic rings. The van der Waals surface area contributed by atoms with Crippen molar-refractivity contribution in [2.75, 3.05) is 0 Å². The molecule has 0 aliphatic heterocycles. The van der Waals surface area contributed by atoms with Gasteiger partial charge in [0.05, 0.1) is 0 Å². The van der Waals surface area contributed by atoms with Gasteiger partial charge in [-0.25, -0.2) is 0 Å². The Labute approximate surface area is 69.7 Å². The van der Waals surface area contributed by atoms with E-state index in [4.69, 9.17) is 12.2 Å². The van der Waals surface area contributed by atoms with Gasteiger partial charge in [-0.3, -0.25) is 0 Å². The van der Waals surface area contributed by atoms with Gasteiger partial charge < -0.3 is 0 Å². The zero-order valence-electron chi connectivity index (χ0n) is 5.13. The molecule has 1 aromatic carbocycles. The molecule has 0 radical (unpaired) electrons. The molecule has 1 nitrogen and oxygen atoms in total. The molecule has 3 heteroatoms. The Kier molecular flexibility index (Phi) is 1.49. The van der Waals surface area contributed by atoms with E-state index in [-0.39, 0.29) is 0 Å². The zero-order chi connectivity index (χ0) is 6.97. The van der Waals surface area contributed by atoms with E-state index in [1.807, 2.05) is 6.07 Å². The number of fused-ring (bicyclic) bond motifs is 1. The van der Waals surface area contributed by atoms with E-state index in [2.05, 4.69) is 22.2 Å². The number of benzene rings is 1. The Hall–Kier alpha value is -0.371. The van der Waals surface area contributed by atoms with Gasteiger partial charge in [0.25, 0.3) is 0 Å². The maximum absolute atomic E-state index is 5.08. The first kappa shape index (κ1) is 6.35. The number of H-pyrrole nitrogens is 1. The second-order valence-corrected chi connectivity index (χ2v) is 4.22. The first-order valence-electron chi connectivity index (χ1n) is 2.94. The average molecular weight is 214 g/mol. The van der Waals surface area contributed by atoms with Crippen molar-refractivity contribution in [3.63, 3.8) is 0 Å². The second kappa shape index (κ2) is 2.35. The maximum atomic E-state index is 5.08. The summed E-state index contributed by atoms with van der Waals surface area (Å²) in [6.07, 6.45) is 0. The molecule has 0 fully saturated rings. The van der Waals surface area contributed by atoms with Gasteiger partial charge >= 0.3 is 69.5 Å². The van der Waals surface area contributed by atoms with Gasteiger partial charge in [-0.1, -0.05) is 0 Å². The second-order valence-electron chi connectivity index (χ2n) is 2.03. The number of rotatable bonds is 0. The summed E-state index contributed by atoms with van der Waals surface area (Å²) < 4.78 is 5.47. The van der Waals surface area contributed by atoms with Crippen molar-refractivity contribution in [1.82, 2.24) is 3.98 Å². The SMILES string of the molecule is S=c1[nH][se]c2ccccc12. The van der Waals surface area contributed by atoms with Crippen LogP contribution in [0.4, 0.5) is 0 Å². The minimum absolute atomic E-state index is 0.383. The molecule has 0 spiro atoms. The average Bonchev–Trinajstić information content (AvgIpc) is 2.34. The van der Waals surface area contributed by atoms with Crippen molar-refractivity contribution in [3.05, 3.63) is 28.9 Å². The molecule has 1 aromatic heterocycles. The van der Waals surface area contributed by atoms with Gasteiger partial charge in [0.2, 0.25) is 0 Å².